The summed E-state index contributed by atoms with van der Waals surface area (Å²) < 4.78 is 34.0. The van der Waals surface area contributed by atoms with E-state index in [-0.39, 0.29) is 17.6 Å². The number of nitrogens with zero attached hydrogens (tertiary/aromatic N) is 5. The lowest BCUT2D eigenvalue weighted by atomic mass is 10.1. The second-order valence-electron chi connectivity index (χ2n) is 8.47. The number of halogens is 4. The van der Waals surface area contributed by atoms with Crippen LogP contribution in [-0.2, 0) is 6.54 Å². The number of rotatable bonds is 5. The molecule has 34 heavy (non-hydrogen) atoms. The van der Waals surface area contributed by atoms with Crippen LogP contribution in [0.1, 0.15) is 36.8 Å². The number of benzene rings is 2. The Hall–Kier alpha value is -2.75. The van der Waals surface area contributed by atoms with E-state index >= 15 is 0 Å². The molecule has 0 radical (unpaired) electrons. The van der Waals surface area contributed by atoms with Crippen LogP contribution in [0, 0.1) is 0 Å². The van der Waals surface area contributed by atoms with Crippen molar-refractivity contribution in [2.24, 2.45) is 0 Å². The van der Waals surface area contributed by atoms with Crippen molar-refractivity contribution in [3.63, 3.8) is 0 Å². The van der Waals surface area contributed by atoms with Crippen LogP contribution < -0.4 is 5.69 Å². The largest absolute Gasteiger partial charge is 0.415 e. The molecule has 1 saturated heterocycles. The van der Waals surface area contributed by atoms with Gasteiger partial charge in [0.1, 0.15) is 0 Å². The van der Waals surface area contributed by atoms with Gasteiger partial charge >= 0.3 is 12.1 Å². The molecule has 4 aromatic rings. The van der Waals surface area contributed by atoms with Gasteiger partial charge < -0.3 is 9.32 Å². The van der Waals surface area contributed by atoms with E-state index in [9.17, 15) is 13.6 Å². The molecule has 1 aliphatic heterocycles. The van der Waals surface area contributed by atoms with E-state index < -0.39 is 12.3 Å². The van der Waals surface area contributed by atoms with Crippen molar-refractivity contribution >= 4 is 34.2 Å². The summed E-state index contributed by atoms with van der Waals surface area (Å²) in [5.41, 5.74) is 2.70. The van der Waals surface area contributed by atoms with Gasteiger partial charge in [-0.2, -0.15) is 8.78 Å². The first-order chi connectivity index (χ1) is 16.3. The molecule has 1 aliphatic rings. The number of piperidine rings is 1. The first-order valence-corrected chi connectivity index (χ1v) is 11.6. The lowest BCUT2D eigenvalue weighted by molar-refractivity contribution is 0.116. The Kier molecular flexibility index (Phi) is 6.18. The van der Waals surface area contributed by atoms with E-state index in [4.69, 9.17) is 27.6 Å². The first-order valence-electron chi connectivity index (χ1n) is 10.8. The molecule has 2 aromatic carbocycles. The zero-order valence-electron chi connectivity index (χ0n) is 18.2. The lowest BCUT2D eigenvalue weighted by Gasteiger charge is -2.29. The Bertz CT molecular complexity index is 1390. The highest BCUT2D eigenvalue weighted by atomic mass is 35.5. The fourth-order valence-corrected chi connectivity index (χ4v) is 4.72. The third-order valence-electron chi connectivity index (χ3n) is 6.23. The van der Waals surface area contributed by atoms with Crippen LogP contribution in [0.15, 0.2) is 45.6 Å². The number of alkyl halides is 2. The van der Waals surface area contributed by atoms with Gasteiger partial charge in [0, 0.05) is 11.6 Å². The minimum Gasteiger partial charge on any atom is -0.415 e. The highest BCUT2D eigenvalue weighted by molar-refractivity contribution is 6.42. The molecule has 11 heteroatoms. The minimum absolute atomic E-state index is 0.0132. The maximum Gasteiger partial charge on any atom is 0.329 e. The Morgan fingerprint density at radius 2 is 1.71 bits per heavy atom. The molecular weight excluding hydrogens is 487 g/mol. The Balaban J connectivity index is 1.50. The van der Waals surface area contributed by atoms with Crippen LogP contribution >= 0.6 is 23.2 Å². The Labute approximate surface area is 203 Å². The van der Waals surface area contributed by atoms with Crippen molar-refractivity contribution in [2.45, 2.75) is 31.9 Å². The fourth-order valence-electron chi connectivity index (χ4n) is 4.40. The second-order valence-corrected chi connectivity index (χ2v) is 9.29. The van der Waals surface area contributed by atoms with Gasteiger partial charge in [-0.25, -0.2) is 4.79 Å². The molecule has 2 aromatic heterocycles. The summed E-state index contributed by atoms with van der Waals surface area (Å²) in [6.07, 6.45) is -1.08. The topological polar surface area (TPSA) is 69.1 Å². The summed E-state index contributed by atoms with van der Waals surface area (Å²) in [7, 11) is 2.07. The first kappa shape index (κ1) is 23.0. The van der Waals surface area contributed by atoms with Gasteiger partial charge in [-0.3, -0.25) is 9.13 Å². The monoisotopic (exact) mass is 507 g/mol. The summed E-state index contributed by atoms with van der Waals surface area (Å²) in [4.78, 5) is 15.8. The van der Waals surface area contributed by atoms with Gasteiger partial charge in [-0.05, 0) is 62.8 Å². The number of likely N-dealkylation sites (tertiary alicyclic amines) is 1. The van der Waals surface area contributed by atoms with Crippen LogP contribution in [0.25, 0.3) is 22.5 Å². The molecule has 0 bridgehead atoms. The Morgan fingerprint density at radius 1 is 1.06 bits per heavy atom. The maximum atomic E-state index is 13.6. The zero-order chi connectivity index (χ0) is 24.0. The number of fused-ring (bicyclic) bond motifs is 1. The normalized spacial score (nSPS) is 15.6. The van der Waals surface area contributed by atoms with E-state index in [1.54, 1.807) is 41.0 Å². The predicted octanol–water partition coefficient (Wildman–Crippen LogP) is 5.41. The van der Waals surface area contributed by atoms with E-state index in [0.29, 0.717) is 27.7 Å². The molecule has 178 valence electrons. The van der Waals surface area contributed by atoms with E-state index in [2.05, 4.69) is 22.1 Å². The minimum atomic E-state index is -2.82. The second kappa shape index (κ2) is 9.13. The summed E-state index contributed by atoms with van der Waals surface area (Å²) in [5.74, 6) is -0.706. The highest BCUT2D eigenvalue weighted by Gasteiger charge is 2.25. The van der Waals surface area contributed by atoms with Crippen molar-refractivity contribution in [1.29, 1.82) is 0 Å². The lowest BCUT2D eigenvalue weighted by Crippen LogP contribution is -2.36. The van der Waals surface area contributed by atoms with Crippen LogP contribution in [0.4, 0.5) is 8.78 Å². The Morgan fingerprint density at radius 3 is 2.32 bits per heavy atom. The number of hydrogen-bond donors (Lipinski definition) is 0. The number of imidazole rings is 1. The van der Waals surface area contributed by atoms with E-state index in [0.717, 1.165) is 37.0 Å². The van der Waals surface area contributed by atoms with Crippen molar-refractivity contribution in [3.8, 4) is 11.5 Å². The number of hydrogen-bond acceptors (Lipinski definition) is 5. The molecule has 0 N–H and O–H groups in total. The van der Waals surface area contributed by atoms with Crippen LogP contribution in [0.5, 0.6) is 0 Å². The molecule has 7 nitrogen and oxygen atoms in total. The average Bonchev–Trinajstić information content (AvgIpc) is 3.40. The standard InChI is InChI=1S/C23H21Cl2F2N5O2/c1-30-8-6-15(7-9-30)32-19-11-17(25)16(24)10-18(19)31(23(32)33)12-13-2-4-14(5-3-13)21-28-29-22(34-21)20(26)27/h2-5,10-11,15,20H,6-9,12H2,1H3. The van der Waals surface area contributed by atoms with E-state index in [1.807, 2.05) is 4.57 Å². The molecule has 0 amide bonds. The average molecular weight is 508 g/mol. The van der Waals surface area contributed by atoms with Crippen molar-refractivity contribution < 1.29 is 13.2 Å². The van der Waals surface area contributed by atoms with Gasteiger partial charge in [0.25, 0.3) is 5.89 Å². The SMILES string of the molecule is CN1CCC(n2c(=O)n(Cc3ccc(-c4nnc(C(F)F)o4)cc3)c3cc(Cl)c(Cl)cc32)CC1. The van der Waals surface area contributed by atoms with Crippen molar-refractivity contribution in [3.05, 3.63) is 68.4 Å². The van der Waals surface area contributed by atoms with Crippen LogP contribution in [-0.4, -0.2) is 44.4 Å². The smallest absolute Gasteiger partial charge is 0.329 e. The molecular formula is C23H21Cl2F2N5O2. The highest BCUT2D eigenvalue weighted by Crippen LogP contribution is 2.32. The summed E-state index contributed by atoms with van der Waals surface area (Å²) >= 11 is 12.6. The van der Waals surface area contributed by atoms with Crippen LogP contribution in [0.2, 0.25) is 10.0 Å². The quantitative estimate of drug-likeness (QED) is 0.361. The molecule has 0 atom stereocenters. The van der Waals surface area contributed by atoms with E-state index in [1.165, 1.54) is 0 Å². The van der Waals surface area contributed by atoms with Crippen molar-refractivity contribution in [1.82, 2.24) is 24.2 Å². The molecule has 0 unspecified atom stereocenters. The predicted molar refractivity (Wildman–Crippen MR) is 126 cm³/mol. The summed E-state index contributed by atoms with van der Waals surface area (Å²) in [6, 6.07) is 10.5. The van der Waals surface area contributed by atoms with Gasteiger partial charge in [0.05, 0.1) is 27.6 Å². The van der Waals surface area contributed by atoms with Crippen molar-refractivity contribution in [2.75, 3.05) is 20.1 Å². The van der Waals surface area contributed by atoms with Gasteiger partial charge in [0.2, 0.25) is 5.89 Å². The van der Waals surface area contributed by atoms with Gasteiger partial charge in [0.15, 0.2) is 0 Å². The zero-order valence-corrected chi connectivity index (χ0v) is 19.7. The van der Waals surface area contributed by atoms with Crippen LogP contribution in [0.3, 0.4) is 0 Å². The number of aromatic nitrogens is 4. The third-order valence-corrected chi connectivity index (χ3v) is 6.95. The van der Waals surface area contributed by atoms with Gasteiger partial charge in [-0.1, -0.05) is 35.3 Å². The third kappa shape index (κ3) is 4.23. The molecule has 0 aliphatic carbocycles. The molecule has 0 saturated carbocycles. The molecule has 1 fully saturated rings. The van der Waals surface area contributed by atoms with Gasteiger partial charge in [-0.15, -0.1) is 10.2 Å². The summed E-state index contributed by atoms with van der Waals surface area (Å²) in [5, 5.41) is 7.81. The molecule has 0 spiro atoms. The summed E-state index contributed by atoms with van der Waals surface area (Å²) in [6.45, 7) is 2.13. The maximum absolute atomic E-state index is 13.6. The fraction of sp³-hybridized carbons (Fsp3) is 0.348. The molecule has 3 heterocycles. The molecule has 5 rings (SSSR count).